The van der Waals surface area contributed by atoms with Gasteiger partial charge in [-0.3, -0.25) is 4.79 Å². The van der Waals surface area contributed by atoms with E-state index < -0.39 is 0 Å². The average Bonchev–Trinajstić information content (AvgIpc) is 2.88. The minimum atomic E-state index is -0.377. The number of amides is 1. The first-order valence-corrected chi connectivity index (χ1v) is 7.49. The molecule has 4 nitrogen and oxygen atoms in total. The van der Waals surface area contributed by atoms with Crippen molar-refractivity contribution >= 4 is 28.8 Å². The molecule has 1 unspecified atom stereocenters. The van der Waals surface area contributed by atoms with Crippen molar-refractivity contribution in [2.24, 2.45) is 5.73 Å². The van der Waals surface area contributed by atoms with Crippen LogP contribution in [0.25, 0.3) is 0 Å². The normalized spacial score (nSPS) is 12.2. The summed E-state index contributed by atoms with van der Waals surface area (Å²) in [5, 5.41) is 5.24. The number of hydrogen-bond donors (Lipinski definition) is 2. The number of thiophene rings is 1. The average molecular weight is 310 g/mol. The van der Waals surface area contributed by atoms with E-state index in [1.807, 2.05) is 30.5 Å². The van der Waals surface area contributed by atoms with Crippen molar-refractivity contribution < 1.29 is 4.79 Å². The highest BCUT2D eigenvalue weighted by Crippen LogP contribution is 2.18. The number of hydrogen-bond acceptors (Lipinski definition) is 4. The third-order valence-corrected chi connectivity index (χ3v) is 3.89. The van der Waals surface area contributed by atoms with Crippen LogP contribution in [0.4, 0.5) is 0 Å². The topological polar surface area (TPSA) is 68.0 Å². The monoisotopic (exact) mass is 309 g/mol. The fourth-order valence-electron chi connectivity index (χ4n) is 1.86. The van der Waals surface area contributed by atoms with Gasteiger partial charge in [-0.15, -0.1) is 11.3 Å². The standard InChI is InChI=1S/C14H16ClN3OS/c1-9-5-10(6-13(15)18-9)12(16)7-14(19)17-8-11-3-2-4-20-11/h2-6,12H,7-8,16H2,1H3,(H,17,19). The van der Waals surface area contributed by atoms with E-state index in [-0.39, 0.29) is 18.4 Å². The van der Waals surface area contributed by atoms with Gasteiger partial charge in [-0.1, -0.05) is 17.7 Å². The Morgan fingerprint density at radius 2 is 2.35 bits per heavy atom. The number of carbonyl (C=O) groups excluding carboxylic acids is 1. The first-order chi connectivity index (χ1) is 9.54. The van der Waals surface area contributed by atoms with Crippen molar-refractivity contribution in [1.29, 1.82) is 0 Å². The molecule has 0 bridgehead atoms. The lowest BCUT2D eigenvalue weighted by Crippen LogP contribution is -2.26. The molecule has 106 valence electrons. The van der Waals surface area contributed by atoms with Crippen LogP contribution in [0.2, 0.25) is 5.15 Å². The largest absolute Gasteiger partial charge is 0.351 e. The highest BCUT2D eigenvalue weighted by atomic mass is 35.5. The Hall–Kier alpha value is -1.43. The molecule has 0 aliphatic heterocycles. The van der Waals surface area contributed by atoms with E-state index in [1.54, 1.807) is 17.4 Å². The van der Waals surface area contributed by atoms with E-state index in [1.165, 1.54) is 0 Å². The van der Waals surface area contributed by atoms with Crippen molar-refractivity contribution in [3.63, 3.8) is 0 Å². The Morgan fingerprint density at radius 1 is 1.55 bits per heavy atom. The van der Waals surface area contributed by atoms with Gasteiger partial charge in [0.05, 0.1) is 6.54 Å². The second-order valence-corrected chi connectivity index (χ2v) is 5.95. The lowest BCUT2D eigenvalue weighted by Gasteiger charge is -2.13. The molecular weight excluding hydrogens is 294 g/mol. The number of nitrogens with zero attached hydrogens (tertiary/aromatic N) is 1. The molecule has 2 aromatic heterocycles. The third kappa shape index (κ3) is 4.30. The van der Waals surface area contributed by atoms with Crippen LogP contribution >= 0.6 is 22.9 Å². The summed E-state index contributed by atoms with van der Waals surface area (Å²) in [5.41, 5.74) is 7.66. The minimum absolute atomic E-state index is 0.0727. The van der Waals surface area contributed by atoms with Crippen molar-refractivity contribution in [1.82, 2.24) is 10.3 Å². The Bertz CT molecular complexity index is 566. The van der Waals surface area contributed by atoms with Crippen LogP contribution in [0.5, 0.6) is 0 Å². The Kier molecular flexibility index (Phi) is 5.11. The van der Waals surface area contributed by atoms with Crippen molar-refractivity contribution in [2.45, 2.75) is 25.9 Å². The zero-order chi connectivity index (χ0) is 14.5. The van der Waals surface area contributed by atoms with Crippen LogP contribution < -0.4 is 11.1 Å². The summed E-state index contributed by atoms with van der Waals surface area (Å²) in [6.45, 7) is 2.39. The predicted octanol–water partition coefficient (Wildman–Crippen LogP) is 2.81. The number of aryl methyl sites for hydroxylation is 1. The van der Waals surface area contributed by atoms with E-state index in [9.17, 15) is 4.79 Å². The fraction of sp³-hybridized carbons (Fsp3) is 0.286. The van der Waals surface area contributed by atoms with Gasteiger partial charge in [0.1, 0.15) is 5.15 Å². The molecule has 0 aromatic carbocycles. The molecule has 0 aliphatic carbocycles. The Labute approximate surface area is 127 Å². The molecule has 1 atom stereocenters. The molecule has 1 amide bonds. The van der Waals surface area contributed by atoms with Crippen LogP contribution in [-0.4, -0.2) is 10.9 Å². The van der Waals surface area contributed by atoms with Gasteiger partial charge in [0.15, 0.2) is 0 Å². The maximum atomic E-state index is 11.9. The number of nitrogens with two attached hydrogens (primary N) is 1. The van der Waals surface area contributed by atoms with Gasteiger partial charge in [0.2, 0.25) is 5.91 Å². The lowest BCUT2D eigenvalue weighted by molar-refractivity contribution is -0.121. The quantitative estimate of drug-likeness (QED) is 0.835. The van der Waals surface area contributed by atoms with E-state index in [0.29, 0.717) is 11.7 Å². The highest BCUT2D eigenvalue weighted by molar-refractivity contribution is 7.09. The number of aromatic nitrogens is 1. The zero-order valence-corrected chi connectivity index (χ0v) is 12.7. The zero-order valence-electron chi connectivity index (χ0n) is 11.1. The van der Waals surface area contributed by atoms with Crippen LogP contribution in [0, 0.1) is 6.92 Å². The molecule has 0 radical (unpaired) electrons. The maximum Gasteiger partial charge on any atom is 0.222 e. The Balaban J connectivity index is 1.90. The van der Waals surface area contributed by atoms with Crippen LogP contribution in [0.15, 0.2) is 29.6 Å². The molecule has 0 aliphatic rings. The van der Waals surface area contributed by atoms with Gasteiger partial charge >= 0.3 is 0 Å². The van der Waals surface area contributed by atoms with E-state index in [2.05, 4.69) is 10.3 Å². The van der Waals surface area contributed by atoms with Crippen molar-refractivity contribution in [2.75, 3.05) is 0 Å². The first-order valence-electron chi connectivity index (χ1n) is 6.23. The van der Waals surface area contributed by atoms with Gasteiger partial charge in [-0.25, -0.2) is 4.98 Å². The summed E-state index contributed by atoms with van der Waals surface area (Å²) in [5.74, 6) is -0.0727. The van der Waals surface area contributed by atoms with Gasteiger partial charge in [-0.2, -0.15) is 0 Å². The summed E-state index contributed by atoms with van der Waals surface area (Å²) >= 11 is 7.51. The maximum absolute atomic E-state index is 11.9. The SMILES string of the molecule is Cc1cc(C(N)CC(=O)NCc2cccs2)cc(Cl)n1. The van der Waals surface area contributed by atoms with Gasteiger partial charge in [0, 0.05) is 23.0 Å². The molecule has 20 heavy (non-hydrogen) atoms. The van der Waals surface area contributed by atoms with Crippen LogP contribution in [0.1, 0.15) is 28.6 Å². The van der Waals surface area contributed by atoms with Crippen LogP contribution in [0.3, 0.4) is 0 Å². The number of nitrogens with one attached hydrogen (secondary N) is 1. The summed E-state index contributed by atoms with van der Waals surface area (Å²) < 4.78 is 0. The number of halogens is 1. The molecular formula is C14H16ClN3OS. The smallest absolute Gasteiger partial charge is 0.222 e. The fourth-order valence-corrected chi connectivity index (χ4v) is 2.76. The first kappa shape index (κ1) is 15.0. The predicted molar refractivity (Wildman–Crippen MR) is 81.7 cm³/mol. The molecule has 3 N–H and O–H groups in total. The van der Waals surface area contributed by atoms with Gasteiger partial charge in [0.25, 0.3) is 0 Å². The molecule has 0 spiro atoms. The molecule has 2 rings (SSSR count). The minimum Gasteiger partial charge on any atom is -0.351 e. The highest BCUT2D eigenvalue weighted by Gasteiger charge is 2.13. The van der Waals surface area contributed by atoms with E-state index in [4.69, 9.17) is 17.3 Å². The van der Waals surface area contributed by atoms with Crippen LogP contribution in [-0.2, 0) is 11.3 Å². The van der Waals surface area contributed by atoms with Crippen molar-refractivity contribution in [3.8, 4) is 0 Å². The van der Waals surface area contributed by atoms with E-state index >= 15 is 0 Å². The summed E-state index contributed by atoms with van der Waals surface area (Å²) in [7, 11) is 0. The number of rotatable bonds is 5. The molecule has 2 aromatic rings. The lowest BCUT2D eigenvalue weighted by atomic mass is 10.0. The van der Waals surface area contributed by atoms with Crippen molar-refractivity contribution in [3.05, 3.63) is 50.9 Å². The molecule has 0 saturated carbocycles. The summed E-state index contributed by atoms with van der Waals surface area (Å²) in [4.78, 5) is 17.1. The molecule has 0 fully saturated rings. The molecule has 0 saturated heterocycles. The molecule has 6 heteroatoms. The third-order valence-electron chi connectivity index (χ3n) is 2.82. The van der Waals surface area contributed by atoms with Gasteiger partial charge < -0.3 is 11.1 Å². The summed E-state index contributed by atoms with van der Waals surface area (Å²) in [6.07, 6.45) is 0.227. The molecule has 2 heterocycles. The summed E-state index contributed by atoms with van der Waals surface area (Å²) in [6, 6.07) is 7.11. The van der Waals surface area contributed by atoms with Gasteiger partial charge in [-0.05, 0) is 36.1 Å². The second kappa shape index (κ2) is 6.83. The number of carbonyl (C=O) groups is 1. The Morgan fingerprint density at radius 3 is 3.00 bits per heavy atom. The number of pyridine rings is 1. The second-order valence-electron chi connectivity index (χ2n) is 4.53. The van der Waals surface area contributed by atoms with E-state index in [0.717, 1.165) is 16.1 Å².